The van der Waals surface area contributed by atoms with Gasteiger partial charge in [0, 0.05) is 44.7 Å². The van der Waals surface area contributed by atoms with Crippen LogP contribution in [0, 0.1) is 5.41 Å². The first-order valence-corrected chi connectivity index (χ1v) is 12.5. The third-order valence-electron chi connectivity index (χ3n) is 6.84. The van der Waals surface area contributed by atoms with E-state index in [1.165, 1.54) is 5.56 Å². The summed E-state index contributed by atoms with van der Waals surface area (Å²) in [4.78, 5) is 32.3. The maximum atomic E-state index is 13.4. The van der Waals surface area contributed by atoms with Crippen molar-refractivity contribution in [1.82, 2.24) is 14.7 Å². The molecule has 0 aromatic heterocycles. The summed E-state index contributed by atoms with van der Waals surface area (Å²) in [5.41, 5.74) is 2.90. The largest absolute Gasteiger partial charge is 0.484 e. The zero-order valence-electron chi connectivity index (χ0n) is 21.2. The standard InChI is InChI=1S/C29H37N3O3/c1-5-14-30-16-18-31(19-17-30)26(33)21-35-24-12-11-22-13-15-32(28(34)29(2,3)4)27(25(22)20-24)23-9-7-6-8-10-23/h5-12,20,27H,1,13-19,21H2,2-4H3. The summed E-state index contributed by atoms with van der Waals surface area (Å²) in [5.74, 6) is 0.799. The second-order valence-corrected chi connectivity index (χ2v) is 10.4. The summed E-state index contributed by atoms with van der Waals surface area (Å²) >= 11 is 0. The van der Waals surface area contributed by atoms with E-state index in [4.69, 9.17) is 4.74 Å². The van der Waals surface area contributed by atoms with E-state index in [0.717, 1.165) is 37.2 Å². The van der Waals surface area contributed by atoms with E-state index in [2.05, 4.69) is 29.7 Å². The molecule has 1 saturated heterocycles. The van der Waals surface area contributed by atoms with Crippen LogP contribution in [0.3, 0.4) is 0 Å². The number of carbonyl (C=O) groups is 2. The summed E-state index contributed by atoms with van der Waals surface area (Å²) < 4.78 is 5.98. The van der Waals surface area contributed by atoms with Gasteiger partial charge in [-0.1, -0.05) is 63.2 Å². The fourth-order valence-electron chi connectivity index (χ4n) is 4.93. The van der Waals surface area contributed by atoms with E-state index < -0.39 is 5.41 Å². The number of amides is 2. The Morgan fingerprint density at radius 3 is 2.40 bits per heavy atom. The predicted molar refractivity (Wildman–Crippen MR) is 138 cm³/mol. The van der Waals surface area contributed by atoms with Gasteiger partial charge in [-0.25, -0.2) is 0 Å². The van der Waals surface area contributed by atoms with Crippen LogP contribution in [0.25, 0.3) is 0 Å². The molecule has 0 bridgehead atoms. The predicted octanol–water partition coefficient (Wildman–Crippen LogP) is 3.92. The van der Waals surface area contributed by atoms with Gasteiger partial charge in [0.1, 0.15) is 5.75 Å². The molecule has 0 saturated carbocycles. The molecule has 35 heavy (non-hydrogen) atoms. The Kier molecular flexibility index (Phi) is 7.60. The summed E-state index contributed by atoms with van der Waals surface area (Å²) in [7, 11) is 0. The molecule has 2 aromatic rings. The molecule has 2 aliphatic heterocycles. The average molecular weight is 476 g/mol. The number of hydrogen-bond donors (Lipinski definition) is 0. The molecular formula is C29H37N3O3. The first-order valence-electron chi connectivity index (χ1n) is 12.5. The molecule has 2 aromatic carbocycles. The lowest BCUT2D eigenvalue weighted by atomic mass is 9.85. The molecule has 0 aliphatic carbocycles. The number of hydrogen-bond acceptors (Lipinski definition) is 4. The van der Waals surface area contributed by atoms with Crippen molar-refractivity contribution in [2.75, 3.05) is 45.9 Å². The molecular weight excluding hydrogens is 438 g/mol. The van der Waals surface area contributed by atoms with Gasteiger partial charge in [-0.15, -0.1) is 6.58 Å². The minimum Gasteiger partial charge on any atom is -0.484 e. The van der Waals surface area contributed by atoms with Crippen LogP contribution in [-0.2, 0) is 16.0 Å². The lowest BCUT2D eigenvalue weighted by molar-refractivity contribution is -0.141. The van der Waals surface area contributed by atoms with Crippen LogP contribution in [0.15, 0.2) is 61.2 Å². The maximum Gasteiger partial charge on any atom is 0.260 e. The number of piperazine rings is 1. The molecule has 2 amide bonds. The Balaban J connectivity index is 1.52. The highest BCUT2D eigenvalue weighted by molar-refractivity contribution is 5.83. The van der Waals surface area contributed by atoms with E-state index in [9.17, 15) is 9.59 Å². The van der Waals surface area contributed by atoms with Gasteiger partial charge in [0.25, 0.3) is 5.91 Å². The van der Waals surface area contributed by atoms with Crippen molar-refractivity contribution in [1.29, 1.82) is 0 Å². The van der Waals surface area contributed by atoms with Crippen molar-refractivity contribution >= 4 is 11.8 Å². The van der Waals surface area contributed by atoms with Crippen LogP contribution in [0.4, 0.5) is 0 Å². The highest BCUT2D eigenvalue weighted by atomic mass is 16.5. The van der Waals surface area contributed by atoms with Gasteiger partial charge in [-0.05, 0) is 35.2 Å². The Bertz CT molecular complexity index is 1050. The second kappa shape index (κ2) is 10.6. The first-order chi connectivity index (χ1) is 16.8. The van der Waals surface area contributed by atoms with Crippen molar-refractivity contribution < 1.29 is 14.3 Å². The maximum absolute atomic E-state index is 13.4. The van der Waals surface area contributed by atoms with Gasteiger partial charge in [0.2, 0.25) is 5.91 Å². The zero-order valence-corrected chi connectivity index (χ0v) is 21.2. The molecule has 0 spiro atoms. The van der Waals surface area contributed by atoms with Crippen molar-refractivity contribution in [3.8, 4) is 5.75 Å². The molecule has 0 radical (unpaired) electrons. The molecule has 1 atom stereocenters. The lowest BCUT2D eigenvalue weighted by Crippen LogP contribution is -2.49. The summed E-state index contributed by atoms with van der Waals surface area (Å²) in [6.07, 6.45) is 2.70. The normalized spacial score (nSPS) is 18.7. The van der Waals surface area contributed by atoms with Crippen LogP contribution in [0.2, 0.25) is 0 Å². The van der Waals surface area contributed by atoms with Gasteiger partial charge >= 0.3 is 0 Å². The van der Waals surface area contributed by atoms with E-state index >= 15 is 0 Å². The summed E-state index contributed by atoms with van der Waals surface area (Å²) in [6, 6.07) is 16.0. The van der Waals surface area contributed by atoms with Crippen molar-refractivity contribution in [2.24, 2.45) is 5.41 Å². The van der Waals surface area contributed by atoms with Crippen LogP contribution in [0.1, 0.15) is 43.5 Å². The minimum atomic E-state index is -0.471. The fraction of sp³-hybridized carbons (Fsp3) is 0.448. The quantitative estimate of drug-likeness (QED) is 0.595. The minimum absolute atomic E-state index is 0.00474. The SMILES string of the molecule is C=CCN1CCN(C(=O)COc2ccc3c(c2)C(c2ccccc2)N(C(=O)C(C)(C)C)CC3)CC1. The average Bonchev–Trinajstić information content (AvgIpc) is 2.86. The van der Waals surface area contributed by atoms with Gasteiger partial charge < -0.3 is 14.5 Å². The molecule has 186 valence electrons. The Labute approximate surface area is 209 Å². The highest BCUT2D eigenvalue weighted by Crippen LogP contribution is 2.39. The second-order valence-electron chi connectivity index (χ2n) is 10.4. The molecule has 0 N–H and O–H groups in total. The van der Waals surface area contributed by atoms with E-state index in [1.54, 1.807) is 0 Å². The fourth-order valence-corrected chi connectivity index (χ4v) is 4.93. The van der Waals surface area contributed by atoms with Crippen molar-refractivity contribution in [3.05, 3.63) is 77.9 Å². The van der Waals surface area contributed by atoms with Crippen LogP contribution in [-0.4, -0.2) is 72.4 Å². The molecule has 2 heterocycles. The van der Waals surface area contributed by atoms with Gasteiger partial charge in [0.15, 0.2) is 6.61 Å². The smallest absolute Gasteiger partial charge is 0.260 e. The number of rotatable bonds is 6. The Morgan fingerprint density at radius 2 is 1.74 bits per heavy atom. The monoisotopic (exact) mass is 475 g/mol. The number of benzene rings is 2. The van der Waals surface area contributed by atoms with E-state index in [1.807, 2.05) is 67.0 Å². The molecule has 1 fully saturated rings. The molecule has 4 rings (SSSR count). The third kappa shape index (κ3) is 5.76. The number of fused-ring (bicyclic) bond motifs is 1. The van der Waals surface area contributed by atoms with E-state index in [-0.39, 0.29) is 24.5 Å². The molecule has 6 heteroatoms. The number of carbonyl (C=O) groups excluding carboxylic acids is 2. The van der Waals surface area contributed by atoms with Gasteiger partial charge in [-0.2, -0.15) is 0 Å². The Morgan fingerprint density at radius 1 is 1.03 bits per heavy atom. The van der Waals surface area contributed by atoms with Crippen molar-refractivity contribution in [2.45, 2.75) is 33.2 Å². The van der Waals surface area contributed by atoms with Crippen LogP contribution < -0.4 is 4.74 Å². The van der Waals surface area contributed by atoms with Gasteiger partial charge in [0.05, 0.1) is 6.04 Å². The molecule has 2 aliphatic rings. The summed E-state index contributed by atoms with van der Waals surface area (Å²) in [6.45, 7) is 14.4. The highest BCUT2D eigenvalue weighted by Gasteiger charge is 2.37. The summed E-state index contributed by atoms with van der Waals surface area (Å²) in [5, 5.41) is 0. The van der Waals surface area contributed by atoms with E-state index in [0.29, 0.717) is 25.4 Å². The Hall–Kier alpha value is -3.12. The number of ether oxygens (including phenoxy) is 1. The molecule has 1 unspecified atom stereocenters. The zero-order chi connectivity index (χ0) is 25.0. The van der Waals surface area contributed by atoms with Gasteiger partial charge in [-0.3, -0.25) is 14.5 Å². The number of nitrogens with zero attached hydrogens (tertiary/aromatic N) is 3. The lowest BCUT2D eigenvalue weighted by Gasteiger charge is -2.41. The molecule has 6 nitrogen and oxygen atoms in total. The topological polar surface area (TPSA) is 53.1 Å². The van der Waals surface area contributed by atoms with Crippen LogP contribution in [0.5, 0.6) is 5.75 Å². The first kappa shape index (κ1) is 25.0. The third-order valence-corrected chi connectivity index (χ3v) is 6.84. The van der Waals surface area contributed by atoms with Crippen LogP contribution >= 0.6 is 0 Å². The van der Waals surface area contributed by atoms with Crippen molar-refractivity contribution in [3.63, 3.8) is 0 Å².